The van der Waals surface area contributed by atoms with E-state index in [0.717, 1.165) is 6.07 Å². The van der Waals surface area contributed by atoms with E-state index in [4.69, 9.17) is 0 Å². The number of sulfonamides is 1. The van der Waals surface area contributed by atoms with E-state index in [1.165, 1.54) is 34.6 Å². The summed E-state index contributed by atoms with van der Waals surface area (Å²) in [5.74, 6) is -0.725. The molecule has 0 radical (unpaired) electrons. The van der Waals surface area contributed by atoms with Crippen molar-refractivity contribution in [2.75, 3.05) is 31.1 Å². The standard InChI is InChI=1S/C17H16FN5O5S/c18-13-9-11(23(25)26)1-4-16(13)21-5-7-22(8-6-21)29(27,28)12-2-3-14-15(10-12)20-17(24)19-14/h1-4,9-10H,5-8H2,(H2,19,20,24). The normalized spacial score (nSPS) is 15.7. The van der Waals surface area contributed by atoms with Crippen LogP contribution in [0.1, 0.15) is 0 Å². The van der Waals surface area contributed by atoms with Crippen LogP contribution in [0.4, 0.5) is 15.8 Å². The molecule has 2 N–H and O–H groups in total. The zero-order valence-corrected chi connectivity index (χ0v) is 15.8. The van der Waals surface area contributed by atoms with Gasteiger partial charge in [0, 0.05) is 32.2 Å². The lowest BCUT2D eigenvalue weighted by molar-refractivity contribution is -0.385. The van der Waals surface area contributed by atoms with E-state index in [0.29, 0.717) is 11.0 Å². The summed E-state index contributed by atoms with van der Waals surface area (Å²) in [5, 5.41) is 10.7. The molecule has 1 aliphatic heterocycles. The summed E-state index contributed by atoms with van der Waals surface area (Å²) in [6.45, 7) is 0.718. The Hall–Kier alpha value is -3.25. The van der Waals surface area contributed by atoms with Crippen molar-refractivity contribution in [3.05, 3.63) is 62.8 Å². The fourth-order valence-electron chi connectivity index (χ4n) is 3.36. The van der Waals surface area contributed by atoms with Gasteiger partial charge in [0.25, 0.3) is 5.69 Å². The molecule has 1 aliphatic rings. The van der Waals surface area contributed by atoms with Gasteiger partial charge < -0.3 is 14.9 Å². The smallest absolute Gasteiger partial charge is 0.323 e. The highest BCUT2D eigenvalue weighted by Crippen LogP contribution is 2.27. The van der Waals surface area contributed by atoms with Crippen molar-refractivity contribution in [1.82, 2.24) is 14.3 Å². The van der Waals surface area contributed by atoms with Crippen molar-refractivity contribution in [3.8, 4) is 0 Å². The molecule has 0 aliphatic carbocycles. The van der Waals surface area contributed by atoms with Crippen LogP contribution in [0.2, 0.25) is 0 Å². The molecule has 2 aromatic carbocycles. The van der Waals surface area contributed by atoms with E-state index in [2.05, 4.69) is 9.97 Å². The number of hydrogen-bond donors (Lipinski definition) is 2. The van der Waals surface area contributed by atoms with E-state index < -0.39 is 26.5 Å². The molecule has 0 bridgehead atoms. The highest BCUT2D eigenvalue weighted by atomic mass is 32.2. The molecule has 12 heteroatoms. The van der Waals surface area contributed by atoms with Gasteiger partial charge in [0.15, 0.2) is 5.82 Å². The largest absolute Gasteiger partial charge is 0.367 e. The maximum Gasteiger partial charge on any atom is 0.323 e. The monoisotopic (exact) mass is 421 g/mol. The van der Waals surface area contributed by atoms with E-state index in [1.54, 1.807) is 4.90 Å². The lowest BCUT2D eigenvalue weighted by Crippen LogP contribution is -2.48. The highest BCUT2D eigenvalue weighted by Gasteiger charge is 2.30. The Labute approximate surface area is 163 Å². The number of benzene rings is 2. The SMILES string of the molecule is O=c1[nH]c2ccc(S(=O)(=O)N3CCN(c4ccc([N+](=O)[O-])cc4F)CC3)cc2[nH]1. The summed E-state index contributed by atoms with van der Waals surface area (Å²) in [4.78, 5) is 28.2. The van der Waals surface area contributed by atoms with E-state index in [9.17, 15) is 27.7 Å². The quantitative estimate of drug-likeness (QED) is 0.484. The van der Waals surface area contributed by atoms with Crippen LogP contribution >= 0.6 is 0 Å². The summed E-state index contributed by atoms with van der Waals surface area (Å²) < 4.78 is 41.4. The molecule has 0 atom stereocenters. The predicted octanol–water partition coefficient (Wildman–Crippen LogP) is 1.41. The van der Waals surface area contributed by atoms with Gasteiger partial charge in [-0.25, -0.2) is 17.6 Å². The molecule has 0 spiro atoms. The number of nitro benzene ring substituents is 1. The van der Waals surface area contributed by atoms with Gasteiger partial charge in [-0.3, -0.25) is 10.1 Å². The number of anilines is 1. The van der Waals surface area contributed by atoms with Crippen LogP contribution in [0, 0.1) is 15.9 Å². The average Bonchev–Trinajstić information content (AvgIpc) is 3.07. The van der Waals surface area contributed by atoms with Crippen molar-refractivity contribution < 1.29 is 17.7 Å². The minimum atomic E-state index is -3.79. The molecule has 29 heavy (non-hydrogen) atoms. The van der Waals surface area contributed by atoms with Gasteiger partial charge >= 0.3 is 5.69 Å². The minimum absolute atomic E-state index is 0.0511. The third-order valence-corrected chi connectivity index (χ3v) is 6.74. The first-order chi connectivity index (χ1) is 13.8. The lowest BCUT2D eigenvalue weighted by Gasteiger charge is -2.35. The van der Waals surface area contributed by atoms with Crippen molar-refractivity contribution in [2.45, 2.75) is 4.90 Å². The molecular formula is C17H16FN5O5S. The molecule has 152 valence electrons. The molecule has 0 saturated carbocycles. The summed E-state index contributed by atoms with van der Waals surface area (Å²) in [6, 6.07) is 7.73. The van der Waals surface area contributed by atoms with Crippen molar-refractivity contribution >= 4 is 32.4 Å². The maximum atomic E-state index is 14.2. The first kappa shape index (κ1) is 19.1. The highest BCUT2D eigenvalue weighted by molar-refractivity contribution is 7.89. The summed E-state index contributed by atoms with van der Waals surface area (Å²) in [6.07, 6.45) is 0. The number of fused-ring (bicyclic) bond motifs is 1. The third kappa shape index (κ3) is 3.47. The number of aromatic nitrogens is 2. The number of aromatic amines is 2. The van der Waals surface area contributed by atoms with Crippen molar-refractivity contribution in [1.29, 1.82) is 0 Å². The Morgan fingerprint density at radius 1 is 1.00 bits per heavy atom. The number of H-pyrrole nitrogens is 2. The van der Waals surface area contributed by atoms with Crippen LogP contribution in [0.25, 0.3) is 11.0 Å². The summed E-state index contributed by atoms with van der Waals surface area (Å²) in [5.41, 5.74) is 0.327. The second kappa shape index (κ2) is 6.97. The molecule has 1 aromatic heterocycles. The first-order valence-corrected chi connectivity index (χ1v) is 10.1. The first-order valence-electron chi connectivity index (χ1n) is 8.67. The fourth-order valence-corrected chi connectivity index (χ4v) is 4.81. The number of imidazole rings is 1. The van der Waals surface area contributed by atoms with Crippen LogP contribution in [0.5, 0.6) is 0 Å². The number of piperazine rings is 1. The Kier molecular flexibility index (Phi) is 4.59. The molecule has 1 fully saturated rings. The van der Waals surface area contributed by atoms with Gasteiger partial charge in [0.2, 0.25) is 10.0 Å². The van der Waals surface area contributed by atoms with Gasteiger partial charge in [-0.1, -0.05) is 0 Å². The van der Waals surface area contributed by atoms with Gasteiger partial charge in [-0.15, -0.1) is 0 Å². The van der Waals surface area contributed by atoms with E-state index in [1.807, 2.05) is 0 Å². The van der Waals surface area contributed by atoms with Crippen molar-refractivity contribution in [2.24, 2.45) is 0 Å². The van der Waals surface area contributed by atoms with Crippen LogP contribution < -0.4 is 10.6 Å². The Bertz CT molecular complexity index is 1260. The van der Waals surface area contributed by atoms with Gasteiger partial charge in [-0.05, 0) is 24.3 Å². The van der Waals surface area contributed by atoms with Gasteiger partial charge in [0.1, 0.15) is 0 Å². The van der Waals surface area contributed by atoms with Crippen LogP contribution in [-0.2, 0) is 10.0 Å². The zero-order chi connectivity index (χ0) is 20.8. The molecule has 4 rings (SSSR count). The average molecular weight is 421 g/mol. The number of halogens is 1. The number of hydrogen-bond acceptors (Lipinski definition) is 6. The molecule has 10 nitrogen and oxygen atoms in total. The second-order valence-electron chi connectivity index (χ2n) is 6.57. The van der Waals surface area contributed by atoms with Crippen LogP contribution in [0.15, 0.2) is 46.1 Å². The minimum Gasteiger partial charge on any atom is -0.367 e. The van der Waals surface area contributed by atoms with E-state index in [-0.39, 0.29) is 42.4 Å². The van der Waals surface area contributed by atoms with Gasteiger partial charge in [0.05, 0.1) is 32.6 Å². The molecule has 0 unspecified atom stereocenters. The zero-order valence-electron chi connectivity index (χ0n) is 15.0. The fraction of sp³-hybridized carbons (Fsp3) is 0.235. The molecule has 1 saturated heterocycles. The third-order valence-electron chi connectivity index (χ3n) is 4.85. The lowest BCUT2D eigenvalue weighted by atomic mass is 10.2. The van der Waals surface area contributed by atoms with Crippen molar-refractivity contribution in [3.63, 3.8) is 0 Å². The number of non-ortho nitro benzene ring substituents is 1. The summed E-state index contributed by atoms with van der Waals surface area (Å²) in [7, 11) is -3.79. The number of nitrogens with zero attached hydrogens (tertiary/aromatic N) is 3. The maximum absolute atomic E-state index is 14.2. The second-order valence-corrected chi connectivity index (χ2v) is 8.51. The van der Waals surface area contributed by atoms with Crippen LogP contribution in [-0.4, -0.2) is 53.8 Å². The molecular weight excluding hydrogens is 405 g/mol. The number of nitrogens with one attached hydrogen (secondary N) is 2. The Balaban J connectivity index is 1.52. The predicted molar refractivity (Wildman–Crippen MR) is 103 cm³/mol. The topological polar surface area (TPSA) is 132 Å². The molecule has 0 amide bonds. The summed E-state index contributed by atoms with van der Waals surface area (Å²) >= 11 is 0. The van der Waals surface area contributed by atoms with E-state index >= 15 is 0 Å². The molecule has 3 aromatic rings. The Morgan fingerprint density at radius 2 is 1.69 bits per heavy atom. The number of rotatable bonds is 4. The molecule has 2 heterocycles. The van der Waals surface area contributed by atoms with Gasteiger partial charge in [-0.2, -0.15) is 4.31 Å². The number of nitro groups is 1. The Morgan fingerprint density at radius 3 is 2.34 bits per heavy atom. The van der Waals surface area contributed by atoms with Crippen LogP contribution in [0.3, 0.4) is 0 Å².